The monoisotopic (exact) mass is 331 g/mol. The summed E-state index contributed by atoms with van der Waals surface area (Å²) in [6.07, 6.45) is 7.60. The van der Waals surface area contributed by atoms with E-state index in [1.165, 1.54) is 5.56 Å². The zero-order valence-electron chi connectivity index (χ0n) is 14.6. The van der Waals surface area contributed by atoms with Gasteiger partial charge in [-0.15, -0.1) is 0 Å². The first-order valence-corrected chi connectivity index (χ1v) is 8.20. The molecule has 2 aromatic rings. The van der Waals surface area contributed by atoms with E-state index in [2.05, 4.69) is 32.9 Å². The van der Waals surface area contributed by atoms with Gasteiger partial charge < -0.3 is 18.8 Å². The molecule has 0 amide bonds. The van der Waals surface area contributed by atoms with Gasteiger partial charge in [0.25, 0.3) is 5.56 Å². The molecular formula is C17H25N5O2. The van der Waals surface area contributed by atoms with Crippen molar-refractivity contribution in [1.29, 1.82) is 0 Å². The molecule has 0 N–H and O–H groups in total. The molecule has 1 aliphatic rings. The predicted octanol–water partition coefficient (Wildman–Crippen LogP) is 0.456. The minimum absolute atomic E-state index is 0.0687. The number of anilines is 1. The third-order valence-corrected chi connectivity index (χ3v) is 4.36. The molecule has 1 aliphatic heterocycles. The van der Waals surface area contributed by atoms with E-state index in [0.29, 0.717) is 19.0 Å². The Bertz CT molecular complexity index is 739. The molecule has 1 saturated heterocycles. The van der Waals surface area contributed by atoms with Crippen molar-refractivity contribution in [3.63, 3.8) is 0 Å². The number of morpholine rings is 1. The van der Waals surface area contributed by atoms with Crippen LogP contribution in [0.2, 0.25) is 0 Å². The Labute approximate surface area is 142 Å². The van der Waals surface area contributed by atoms with Gasteiger partial charge in [0.2, 0.25) is 0 Å². The van der Waals surface area contributed by atoms with Crippen molar-refractivity contribution in [2.45, 2.75) is 12.6 Å². The van der Waals surface area contributed by atoms with Gasteiger partial charge in [-0.25, -0.2) is 4.98 Å². The van der Waals surface area contributed by atoms with Crippen LogP contribution in [0.4, 0.5) is 5.82 Å². The molecular weight excluding hydrogens is 306 g/mol. The first-order chi connectivity index (χ1) is 11.5. The second kappa shape index (κ2) is 7.19. The Morgan fingerprint density at radius 1 is 1.38 bits per heavy atom. The normalized spacial score (nSPS) is 18.7. The molecule has 0 saturated carbocycles. The fraction of sp³-hybridized carbons (Fsp3) is 0.529. The van der Waals surface area contributed by atoms with E-state index in [1.54, 1.807) is 24.0 Å². The Hall–Kier alpha value is -2.12. The molecule has 7 heteroatoms. The van der Waals surface area contributed by atoms with Gasteiger partial charge in [-0.05, 0) is 11.6 Å². The fourth-order valence-electron chi connectivity index (χ4n) is 3.09. The van der Waals surface area contributed by atoms with Crippen LogP contribution < -0.4 is 10.5 Å². The lowest BCUT2D eigenvalue weighted by atomic mass is 10.2. The SMILES string of the molecule is CN(C[C@@H]1CN(Cc2ccn(C)c2)CCO1)c1nccn(C)c1=O. The maximum absolute atomic E-state index is 12.2. The van der Waals surface area contributed by atoms with Crippen molar-refractivity contribution in [1.82, 2.24) is 19.0 Å². The third kappa shape index (κ3) is 3.85. The quantitative estimate of drug-likeness (QED) is 0.797. The largest absolute Gasteiger partial charge is 0.374 e. The van der Waals surface area contributed by atoms with Crippen LogP contribution in [0.5, 0.6) is 0 Å². The summed E-state index contributed by atoms with van der Waals surface area (Å²) >= 11 is 0. The van der Waals surface area contributed by atoms with Crippen molar-refractivity contribution in [2.75, 3.05) is 38.2 Å². The van der Waals surface area contributed by atoms with Crippen molar-refractivity contribution in [2.24, 2.45) is 14.1 Å². The average molecular weight is 331 g/mol. The van der Waals surface area contributed by atoms with Crippen LogP contribution in [0.25, 0.3) is 0 Å². The number of aryl methyl sites for hydroxylation is 2. The van der Waals surface area contributed by atoms with Gasteiger partial charge >= 0.3 is 0 Å². The fourth-order valence-corrected chi connectivity index (χ4v) is 3.09. The lowest BCUT2D eigenvalue weighted by molar-refractivity contribution is -0.0265. The smallest absolute Gasteiger partial charge is 0.293 e. The highest BCUT2D eigenvalue weighted by atomic mass is 16.5. The molecule has 7 nitrogen and oxygen atoms in total. The Morgan fingerprint density at radius 3 is 2.96 bits per heavy atom. The van der Waals surface area contributed by atoms with Gasteiger partial charge in [-0.3, -0.25) is 9.69 Å². The van der Waals surface area contributed by atoms with Crippen LogP contribution in [0.15, 0.2) is 35.6 Å². The Kier molecular flexibility index (Phi) is 5.01. The summed E-state index contributed by atoms with van der Waals surface area (Å²) in [7, 11) is 5.66. The molecule has 0 aliphatic carbocycles. The van der Waals surface area contributed by atoms with Crippen molar-refractivity contribution in [3.05, 3.63) is 46.8 Å². The zero-order chi connectivity index (χ0) is 17.1. The summed E-state index contributed by atoms with van der Waals surface area (Å²) in [5, 5.41) is 0. The molecule has 1 fully saturated rings. The third-order valence-electron chi connectivity index (χ3n) is 4.36. The maximum atomic E-state index is 12.2. The highest BCUT2D eigenvalue weighted by Gasteiger charge is 2.23. The van der Waals surface area contributed by atoms with Crippen molar-refractivity contribution < 1.29 is 4.74 Å². The molecule has 0 spiro atoms. The number of hydrogen-bond donors (Lipinski definition) is 0. The molecule has 1 atom stereocenters. The number of rotatable bonds is 5. The van der Waals surface area contributed by atoms with E-state index in [1.807, 2.05) is 19.0 Å². The lowest BCUT2D eigenvalue weighted by Gasteiger charge is -2.34. The number of likely N-dealkylation sites (N-methyl/N-ethyl adjacent to an activating group) is 1. The van der Waals surface area contributed by atoms with Crippen molar-refractivity contribution >= 4 is 5.82 Å². The van der Waals surface area contributed by atoms with E-state index >= 15 is 0 Å². The second-order valence-electron chi connectivity index (χ2n) is 6.46. The number of nitrogens with zero attached hydrogens (tertiary/aromatic N) is 5. The van der Waals surface area contributed by atoms with Crippen LogP contribution >= 0.6 is 0 Å². The number of aromatic nitrogens is 3. The molecule has 24 heavy (non-hydrogen) atoms. The standard InChI is InChI=1S/C17H25N5O2/c1-19-6-4-14(10-19)11-22-8-9-24-15(13-22)12-21(3)16-17(23)20(2)7-5-18-16/h4-7,10,15H,8-9,11-13H2,1-3H3/t15-/m1/s1. The molecule has 3 heterocycles. The first kappa shape index (κ1) is 16.7. The average Bonchev–Trinajstić information content (AvgIpc) is 2.95. The molecule has 0 unspecified atom stereocenters. The van der Waals surface area contributed by atoms with Crippen LogP contribution in [0, 0.1) is 0 Å². The molecule has 0 radical (unpaired) electrons. The highest BCUT2D eigenvalue weighted by molar-refractivity contribution is 5.34. The molecule has 2 aromatic heterocycles. The first-order valence-electron chi connectivity index (χ1n) is 8.20. The van der Waals surface area contributed by atoms with Crippen LogP contribution in [-0.4, -0.2) is 58.4 Å². The Morgan fingerprint density at radius 2 is 2.21 bits per heavy atom. The van der Waals surface area contributed by atoms with E-state index in [-0.39, 0.29) is 11.7 Å². The minimum Gasteiger partial charge on any atom is -0.374 e. The summed E-state index contributed by atoms with van der Waals surface area (Å²) in [5.41, 5.74) is 1.22. The molecule has 130 valence electrons. The number of hydrogen-bond acceptors (Lipinski definition) is 5. The summed E-state index contributed by atoms with van der Waals surface area (Å²) in [5.74, 6) is 0.462. The van der Waals surface area contributed by atoms with Crippen molar-refractivity contribution in [3.8, 4) is 0 Å². The minimum atomic E-state index is -0.0862. The topological polar surface area (TPSA) is 55.5 Å². The van der Waals surface area contributed by atoms with Gasteiger partial charge in [0.1, 0.15) is 0 Å². The summed E-state index contributed by atoms with van der Waals surface area (Å²) in [6, 6.07) is 2.15. The zero-order valence-corrected chi connectivity index (χ0v) is 14.6. The van der Waals surface area contributed by atoms with Crippen LogP contribution in [-0.2, 0) is 25.4 Å². The molecule has 0 aromatic carbocycles. The van der Waals surface area contributed by atoms with E-state index < -0.39 is 0 Å². The molecule has 3 rings (SSSR count). The lowest BCUT2D eigenvalue weighted by Crippen LogP contribution is -2.47. The van der Waals surface area contributed by atoms with E-state index in [9.17, 15) is 4.79 Å². The van der Waals surface area contributed by atoms with Gasteiger partial charge in [-0.1, -0.05) is 0 Å². The van der Waals surface area contributed by atoms with Gasteiger partial charge in [-0.2, -0.15) is 0 Å². The van der Waals surface area contributed by atoms with Gasteiger partial charge in [0, 0.05) is 72.1 Å². The summed E-state index contributed by atoms with van der Waals surface area (Å²) < 4.78 is 9.50. The van der Waals surface area contributed by atoms with Gasteiger partial charge in [0.15, 0.2) is 5.82 Å². The summed E-state index contributed by atoms with van der Waals surface area (Å²) in [4.78, 5) is 20.7. The second-order valence-corrected chi connectivity index (χ2v) is 6.46. The highest BCUT2D eigenvalue weighted by Crippen LogP contribution is 2.12. The number of ether oxygens (including phenoxy) is 1. The van der Waals surface area contributed by atoms with Crippen LogP contribution in [0.1, 0.15) is 5.56 Å². The summed E-state index contributed by atoms with van der Waals surface area (Å²) in [6.45, 7) is 4.08. The Balaban J connectivity index is 1.60. The molecule has 0 bridgehead atoms. The predicted molar refractivity (Wildman–Crippen MR) is 93.2 cm³/mol. The van der Waals surface area contributed by atoms with Crippen LogP contribution in [0.3, 0.4) is 0 Å². The van der Waals surface area contributed by atoms with Gasteiger partial charge in [0.05, 0.1) is 12.7 Å². The van der Waals surface area contributed by atoms with E-state index in [0.717, 1.165) is 19.6 Å². The maximum Gasteiger partial charge on any atom is 0.293 e. The van der Waals surface area contributed by atoms with E-state index in [4.69, 9.17) is 4.74 Å².